The number of nitrogens with zero attached hydrogens (tertiary/aromatic N) is 2. The van der Waals surface area contributed by atoms with E-state index in [2.05, 4.69) is 9.80 Å². The molecule has 0 aromatic heterocycles. The van der Waals surface area contributed by atoms with Crippen LogP contribution in [0.3, 0.4) is 0 Å². The second-order valence-electron chi connectivity index (χ2n) is 6.18. The molecule has 0 bridgehead atoms. The predicted octanol–water partition coefficient (Wildman–Crippen LogP) is 3.24. The number of aliphatic hydroxyl groups is 1. The number of hydrogen-bond donors (Lipinski definition) is 1. The molecule has 1 N–H and O–H groups in total. The zero-order valence-electron chi connectivity index (χ0n) is 13.9. The first kappa shape index (κ1) is 18.2. The standard InChI is InChI=1S/C19H22F2N2OS/c20-15-1-5-17(6-2-15)23-11-9-22(10-12-23)13-18(24)14-25-19-7-3-16(21)4-8-19/h1-8,18,24H,9-14H2/t18-/m1/s1. The van der Waals surface area contributed by atoms with Gasteiger partial charge < -0.3 is 10.0 Å². The van der Waals surface area contributed by atoms with Crippen molar-refractivity contribution in [3.8, 4) is 0 Å². The lowest BCUT2D eigenvalue weighted by Crippen LogP contribution is -2.48. The van der Waals surface area contributed by atoms with E-state index in [9.17, 15) is 13.9 Å². The normalized spacial score (nSPS) is 16.8. The smallest absolute Gasteiger partial charge is 0.123 e. The van der Waals surface area contributed by atoms with Crippen LogP contribution in [0, 0.1) is 11.6 Å². The first-order valence-corrected chi connectivity index (χ1v) is 9.38. The molecule has 134 valence electrons. The topological polar surface area (TPSA) is 26.7 Å². The Morgan fingerprint density at radius 1 is 0.880 bits per heavy atom. The van der Waals surface area contributed by atoms with E-state index in [4.69, 9.17) is 0 Å². The van der Waals surface area contributed by atoms with Gasteiger partial charge >= 0.3 is 0 Å². The maximum Gasteiger partial charge on any atom is 0.123 e. The van der Waals surface area contributed by atoms with E-state index in [0.29, 0.717) is 12.3 Å². The van der Waals surface area contributed by atoms with Crippen molar-refractivity contribution in [2.75, 3.05) is 43.4 Å². The van der Waals surface area contributed by atoms with Crippen LogP contribution in [-0.2, 0) is 0 Å². The number of hydrogen-bond acceptors (Lipinski definition) is 4. The molecular weight excluding hydrogens is 342 g/mol. The summed E-state index contributed by atoms with van der Waals surface area (Å²) < 4.78 is 25.9. The minimum absolute atomic E-state index is 0.218. The molecule has 0 amide bonds. The Morgan fingerprint density at radius 3 is 2.04 bits per heavy atom. The Balaban J connectivity index is 1.40. The maximum absolute atomic E-state index is 13.0. The maximum atomic E-state index is 13.0. The third-order valence-corrected chi connectivity index (χ3v) is 5.45. The van der Waals surface area contributed by atoms with Crippen LogP contribution in [0.4, 0.5) is 14.5 Å². The number of anilines is 1. The van der Waals surface area contributed by atoms with Crippen molar-refractivity contribution in [1.29, 1.82) is 0 Å². The molecule has 1 aliphatic heterocycles. The summed E-state index contributed by atoms with van der Waals surface area (Å²) in [6.07, 6.45) is -0.424. The molecule has 3 rings (SSSR count). The van der Waals surface area contributed by atoms with Crippen LogP contribution in [0.5, 0.6) is 0 Å². The number of aliphatic hydroxyl groups excluding tert-OH is 1. The van der Waals surface area contributed by atoms with Crippen molar-refractivity contribution in [3.05, 3.63) is 60.2 Å². The molecule has 1 atom stereocenters. The van der Waals surface area contributed by atoms with Crippen LogP contribution in [-0.4, -0.2) is 54.6 Å². The van der Waals surface area contributed by atoms with Crippen molar-refractivity contribution in [2.24, 2.45) is 0 Å². The molecule has 3 nitrogen and oxygen atoms in total. The molecule has 1 fully saturated rings. The summed E-state index contributed by atoms with van der Waals surface area (Å²) in [5.41, 5.74) is 1.04. The highest BCUT2D eigenvalue weighted by Gasteiger charge is 2.19. The lowest BCUT2D eigenvalue weighted by Gasteiger charge is -2.36. The SMILES string of the molecule is O[C@@H](CSc1ccc(F)cc1)CN1CCN(c2ccc(F)cc2)CC1. The van der Waals surface area contributed by atoms with Gasteiger partial charge in [0.15, 0.2) is 0 Å². The third-order valence-electron chi connectivity index (χ3n) is 4.29. The van der Waals surface area contributed by atoms with Gasteiger partial charge in [-0.1, -0.05) is 0 Å². The molecule has 0 aliphatic carbocycles. The van der Waals surface area contributed by atoms with Gasteiger partial charge in [-0.2, -0.15) is 0 Å². The van der Waals surface area contributed by atoms with Gasteiger partial charge in [0, 0.05) is 49.1 Å². The molecule has 1 heterocycles. The number of β-amino-alcohol motifs (C(OH)–C–C–N with tert-alkyl or cyclic N) is 1. The summed E-state index contributed by atoms with van der Waals surface area (Å²) in [6.45, 7) is 4.10. The Kier molecular flexibility index (Phi) is 6.29. The first-order chi connectivity index (χ1) is 12.1. The number of halogens is 2. The van der Waals surface area contributed by atoms with Crippen molar-refractivity contribution in [3.63, 3.8) is 0 Å². The molecule has 0 unspecified atom stereocenters. The first-order valence-electron chi connectivity index (χ1n) is 8.39. The fourth-order valence-corrected chi connectivity index (χ4v) is 3.73. The van der Waals surface area contributed by atoms with Gasteiger partial charge in [-0.05, 0) is 48.5 Å². The molecule has 0 saturated carbocycles. The van der Waals surface area contributed by atoms with Crippen LogP contribution in [0.2, 0.25) is 0 Å². The highest BCUT2D eigenvalue weighted by atomic mass is 32.2. The fourth-order valence-electron chi connectivity index (χ4n) is 2.91. The summed E-state index contributed by atoms with van der Waals surface area (Å²) in [7, 11) is 0. The van der Waals surface area contributed by atoms with E-state index in [1.807, 2.05) is 0 Å². The molecule has 1 saturated heterocycles. The van der Waals surface area contributed by atoms with E-state index >= 15 is 0 Å². The average Bonchev–Trinajstić information content (AvgIpc) is 2.63. The Bertz CT molecular complexity index is 658. The van der Waals surface area contributed by atoms with E-state index in [0.717, 1.165) is 36.8 Å². The number of benzene rings is 2. The van der Waals surface area contributed by atoms with Gasteiger partial charge in [0.2, 0.25) is 0 Å². The lowest BCUT2D eigenvalue weighted by atomic mass is 10.2. The summed E-state index contributed by atoms with van der Waals surface area (Å²) in [5, 5.41) is 10.2. The summed E-state index contributed by atoms with van der Waals surface area (Å²) in [5.74, 6) is 0.122. The van der Waals surface area contributed by atoms with E-state index in [-0.39, 0.29) is 11.6 Å². The minimum atomic E-state index is -0.424. The third kappa shape index (κ3) is 5.42. The molecule has 0 radical (unpaired) electrons. The Labute approximate surface area is 151 Å². The van der Waals surface area contributed by atoms with E-state index in [1.54, 1.807) is 24.3 Å². The van der Waals surface area contributed by atoms with Gasteiger partial charge in [0.05, 0.1) is 6.10 Å². The molecule has 0 spiro atoms. The molecular formula is C19H22F2N2OS. The number of piperazine rings is 1. The zero-order chi connectivity index (χ0) is 17.6. The Hall–Kier alpha value is -1.63. The average molecular weight is 364 g/mol. The molecule has 6 heteroatoms. The van der Waals surface area contributed by atoms with Crippen LogP contribution in [0.15, 0.2) is 53.4 Å². The van der Waals surface area contributed by atoms with Crippen LogP contribution >= 0.6 is 11.8 Å². The second-order valence-corrected chi connectivity index (χ2v) is 7.28. The molecule has 2 aromatic carbocycles. The number of rotatable bonds is 6. The Morgan fingerprint density at radius 2 is 1.44 bits per heavy atom. The van der Waals surface area contributed by atoms with Gasteiger partial charge in [0.25, 0.3) is 0 Å². The summed E-state index contributed by atoms with van der Waals surface area (Å²) >= 11 is 1.54. The van der Waals surface area contributed by atoms with Gasteiger partial charge in [-0.25, -0.2) is 8.78 Å². The highest BCUT2D eigenvalue weighted by Crippen LogP contribution is 2.20. The molecule has 1 aliphatic rings. The lowest BCUT2D eigenvalue weighted by molar-refractivity contribution is 0.126. The van der Waals surface area contributed by atoms with Crippen LogP contribution < -0.4 is 4.90 Å². The van der Waals surface area contributed by atoms with Gasteiger partial charge in [0.1, 0.15) is 11.6 Å². The monoisotopic (exact) mass is 364 g/mol. The fraction of sp³-hybridized carbons (Fsp3) is 0.368. The molecule has 25 heavy (non-hydrogen) atoms. The van der Waals surface area contributed by atoms with Crippen molar-refractivity contribution >= 4 is 17.4 Å². The van der Waals surface area contributed by atoms with Crippen molar-refractivity contribution in [1.82, 2.24) is 4.90 Å². The van der Waals surface area contributed by atoms with E-state index in [1.165, 1.54) is 36.0 Å². The van der Waals surface area contributed by atoms with Gasteiger partial charge in [-0.3, -0.25) is 4.90 Å². The zero-order valence-corrected chi connectivity index (χ0v) is 14.8. The molecule has 2 aromatic rings. The summed E-state index contributed by atoms with van der Waals surface area (Å²) in [4.78, 5) is 5.44. The van der Waals surface area contributed by atoms with Crippen LogP contribution in [0.25, 0.3) is 0 Å². The largest absolute Gasteiger partial charge is 0.391 e. The van der Waals surface area contributed by atoms with Crippen molar-refractivity contribution in [2.45, 2.75) is 11.0 Å². The highest BCUT2D eigenvalue weighted by molar-refractivity contribution is 7.99. The van der Waals surface area contributed by atoms with Crippen LogP contribution in [0.1, 0.15) is 0 Å². The predicted molar refractivity (Wildman–Crippen MR) is 98.2 cm³/mol. The quantitative estimate of drug-likeness (QED) is 0.796. The van der Waals surface area contributed by atoms with E-state index < -0.39 is 6.10 Å². The number of thioether (sulfide) groups is 1. The van der Waals surface area contributed by atoms with Gasteiger partial charge in [-0.15, -0.1) is 11.8 Å². The van der Waals surface area contributed by atoms with Crippen molar-refractivity contribution < 1.29 is 13.9 Å². The minimum Gasteiger partial charge on any atom is -0.391 e. The second kappa shape index (κ2) is 8.65. The summed E-state index contributed by atoms with van der Waals surface area (Å²) in [6, 6.07) is 12.9.